The van der Waals surface area contributed by atoms with Crippen LogP contribution in [0.4, 0.5) is 0 Å². The van der Waals surface area contributed by atoms with Gasteiger partial charge in [-0.1, -0.05) is 18.2 Å². The number of carbonyl (C=O) groups is 1. The van der Waals surface area contributed by atoms with E-state index in [-0.39, 0.29) is 23.7 Å². The highest BCUT2D eigenvalue weighted by molar-refractivity contribution is 5.93. The number of aromatic nitrogens is 3. The van der Waals surface area contributed by atoms with Crippen LogP contribution >= 0.6 is 0 Å². The molecule has 0 saturated heterocycles. The van der Waals surface area contributed by atoms with Crippen LogP contribution in [0.2, 0.25) is 0 Å². The fraction of sp³-hybridized carbons (Fsp3) is 0.0625. The summed E-state index contributed by atoms with van der Waals surface area (Å²) in [6.07, 6.45) is 3.05. The molecule has 4 aromatic rings. The number of hydrogen-bond acceptors (Lipinski definition) is 4. The summed E-state index contributed by atoms with van der Waals surface area (Å²) in [7, 11) is 0. The van der Waals surface area contributed by atoms with Crippen molar-refractivity contribution in [1.29, 1.82) is 0 Å². The van der Waals surface area contributed by atoms with E-state index in [9.17, 15) is 9.59 Å². The molecule has 0 spiro atoms. The number of carbonyl (C=O) groups excluding carboxylic acids is 1. The molecule has 3 aromatic heterocycles. The Hall–Kier alpha value is -3.35. The number of nitrogens with one attached hydrogen (secondary N) is 2. The number of hydrogen-bond donors (Lipinski definition) is 2. The van der Waals surface area contributed by atoms with E-state index in [4.69, 9.17) is 4.42 Å². The van der Waals surface area contributed by atoms with Gasteiger partial charge in [-0.2, -0.15) is 5.10 Å². The molecular formula is C16H12N4O3. The van der Waals surface area contributed by atoms with Crippen molar-refractivity contribution in [2.75, 3.05) is 0 Å². The number of nitrogens with zero attached hydrogens (tertiary/aromatic N) is 2. The number of aromatic amines is 1. The summed E-state index contributed by atoms with van der Waals surface area (Å²) in [5.74, 6) is 0.287. The third-order valence-corrected chi connectivity index (χ3v) is 3.53. The van der Waals surface area contributed by atoms with Crippen molar-refractivity contribution < 1.29 is 9.21 Å². The van der Waals surface area contributed by atoms with Crippen LogP contribution in [0.5, 0.6) is 0 Å². The van der Waals surface area contributed by atoms with Crippen molar-refractivity contribution in [3.05, 3.63) is 70.6 Å². The Morgan fingerprint density at radius 2 is 2.17 bits per heavy atom. The van der Waals surface area contributed by atoms with Crippen LogP contribution in [0.1, 0.15) is 16.2 Å². The smallest absolute Gasteiger partial charge is 0.273 e. The lowest BCUT2D eigenvalue weighted by Crippen LogP contribution is -2.23. The van der Waals surface area contributed by atoms with Gasteiger partial charge < -0.3 is 14.7 Å². The predicted molar refractivity (Wildman–Crippen MR) is 83.2 cm³/mol. The van der Waals surface area contributed by atoms with Gasteiger partial charge in [0.2, 0.25) is 0 Å². The molecule has 3 heterocycles. The zero-order chi connectivity index (χ0) is 15.8. The van der Waals surface area contributed by atoms with Crippen LogP contribution in [0, 0.1) is 0 Å². The molecule has 0 atom stereocenters. The summed E-state index contributed by atoms with van der Waals surface area (Å²) in [6.45, 7) is 0.248. The van der Waals surface area contributed by atoms with Gasteiger partial charge in [-0.25, -0.2) is 4.52 Å². The minimum atomic E-state index is -0.367. The van der Waals surface area contributed by atoms with Gasteiger partial charge in [0, 0.05) is 23.8 Å². The van der Waals surface area contributed by atoms with Gasteiger partial charge in [0.25, 0.3) is 11.5 Å². The predicted octanol–water partition coefficient (Wildman–Crippen LogP) is 1.70. The molecule has 1 aromatic carbocycles. The van der Waals surface area contributed by atoms with Crippen LogP contribution in [0.25, 0.3) is 16.5 Å². The van der Waals surface area contributed by atoms with Crippen molar-refractivity contribution in [1.82, 2.24) is 19.9 Å². The highest BCUT2D eigenvalue weighted by Gasteiger charge is 2.13. The maximum Gasteiger partial charge on any atom is 0.273 e. The van der Waals surface area contributed by atoms with Gasteiger partial charge in [-0.15, -0.1) is 0 Å². The molecule has 1 amide bonds. The van der Waals surface area contributed by atoms with Crippen LogP contribution in [-0.2, 0) is 6.54 Å². The quantitative estimate of drug-likeness (QED) is 0.602. The second kappa shape index (κ2) is 5.13. The lowest BCUT2D eigenvalue weighted by Gasteiger charge is -1.99. The number of benzene rings is 1. The summed E-state index contributed by atoms with van der Waals surface area (Å²) in [5.41, 5.74) is 0.978. The number of para-hydroxylation sites is 1. The lowest BCUT2D eigenvalue weighted by atomic mass is 10.2. The minimum Gasteiger partial charge on any atom is -0.459 e. The van der Waals surface area contributed by atoms with Gasteiger partial charge in [0.1, 0.15) is 16.9 Å². The van der Waals surface area contributed by atoms with Gasteiger partial charge in [0.05, 0.1) is 6.54 Å². The highest BCUT2D eigenvalue weighted by atomic mass is 16.3. The fourth-order valence-corrected chi connectivity index (χ4v) is 2.43. The average Bonchev–Trinajstić information content (AvgIpc) is 3.17. The van der Waals surface area contributed by atoms with Crippen LogP contribution in [0.3, 0.4) is 0 Å². The van der Waals surface area contributed by atoms with E-state index < -0.39 is 0 Å². The molecule has 0 aliphatic heterocycles. The molecule has 7 nitrogen and oxygen atoms in total. The molecule has 0 bridgehead atoms. The maximum absolute atomic E-state index is 12.2. The largest absolute Gasteiger partial charge is 0.459 e. The van der Waals surface area contributed by atoms with E-state index in [0.717, 1.165) is 11.0 Å². The summed E-state index contributed by atoms with van der Waals surface area (Å²) < 4.78 is 7.01. The molecule has 0 aliphatic carbocycles. The monoisotopic (exact) mass is 308 g/mol. The Balaban J connectivity index is 1.54. The van der Waals surface area contributed by atoms with Crippen LogP contribution in [0.15, 0.2) is 58.0 Å². The molecule has 0 saturated carbocycles. The topological polar surface area (TPSA) is 92.4 Å². The van der Waals surface area contributed by atoms with Gasteiger partial charge in [-0.3, -0.25) is 9.59 Å². The highest BCUT2D eigenvalue weighted by Crippen LogP contribution is 2.18. The van der Waals surface area contributed by atoms with Crippen LogP contribution in [-0.4, -0.2) is 20.5 Å². The summed E-state index contributed by atoms with van der Waals surface area (Å²) in [4.78, 5) is 26.3. The lowest BCUT2D eigenvalue weighted by molar-refractivity contribution is 0.0943. The molecule has 114 valence electrons. The Labute approximate surface area is 129 Å². The normalized spacial score (nSPS) is 11.1. The number of fused-ring (bicyclic) bond motifs is 2. The Kier molecular flexibility index (Phi) is 2.97. The second-order valence-electron chi connectivity index (χ2n) is 5.08. The summed E-state index contributed by atoms with van der Waals surface area (Å²) >= 11 is 0. The van der Waals surface area contributed by atoms with Gasteiger partial charge >= 0.3 is 0 Å². The van der Waals surface area contributed by atoms with E-state index in [1.165, 1.54) is 16.8 Å². The number of rotatable bonds is 3. The number of furan rings is 1. The molecule has 23 heavy (non-hydrogen) atoms. The molecule has 0 aliphatic rings. The van der Waals surface area contributed by atoms with E-state index in [1.807, 2.05) is 30.3 Å². The Bertz CT molecular complexity index is 1040. The SMILES string of the molecule is O=C(NCc1cc2ccccc2o1)c1cc2c(=O)[nH]ccn2n1. The maximum atomic E-state index is 12.2. The molecule has 0 radical (unpaired) electrons. The van der Waals surface area contributed by atoms with Crippen molar-refractivity contribution in [2.45, 2.75) is 6.54 Å². The first kappa shape index (κ1) is 13.3. The minimum absolute atomic E-state index is 0.179. The Morgan fingerprint density at radius 1 is 1.30 bits per heavy atom. The first-order chi connectivity index (χ1) is 11.2. The molecule has 4 rings (SSSR count). The average molecular weight is 308 g/mol. The van der Waals surface area contributed by atoms with Crippen molar-refractivity contribution in [2.24, 2.45) is 0 Å². The number of H-pyrrole nitrogens is 1. The standard InChI is InChI=1S/C16H12N4O3/c21-15(12-8-13-16(22)17-5-6-20(13)19-12)18-9-11-7-10-3-1-2-4-14(10)23-11/h1-8H,9H2,(H,17,22)(H,18,21). The van der Waals surface area contributed by atoms with E-state index >= 15 is 0 Å². The van der Waals surface area contributed by atoms with Gasteiger partial charge in [-0.05, 0) is 12.1 Å². The zero-order valence-electron chi connectivity index (χ0n) is 11.9. The zero-order valence-corrected chi connectivity index (χ0v) is 11.9. The van der Waals surface area contributed by atoms with Crippen molar-refractivity contribution in [3.63, 3.8) is 0 Å². The van der Waals surface area contributed by atoms with E-state index in [0.29, 0.717) is 11.3 Å². The first-order valence-corrected chi connectivity index (χ1v) is 7.03. The van der Waals surface area contributed by atoms with Crippen LogP contribution < -0.4 is 10.9 Å². The molecule has 0 fully saturated rings. The molecule has 0 unspecified atom stereocenters. The molecule has 2 N–H and O–H groups in total. The summed E-state index contributed by atoms with van der Waals surface area (Å²) in [5, 5.41) is 7.80. The molecule has 7 heteroatoms. The van der Waals surface area contributed by atoms with E-state index in [1.54, 1.807) is 6.20 Å². The summed E-state index contributed by atoms with van der Waals surface area (Å²) in [6, 6.07) is 11.0. The third-order valence-electron chi connectivity index (χ3n) is 3.53. The fourth-order valence-electron chi connectivity index (χ4n) is 2.43. The number of amides is 1. The van der Waals surface area contributed by atoms with Gasteiger partial charge in [0.15, 0.2) is 5.69 Å². The second-order valence-corrected chi connectivity index (χ2v) is 5.08. The van der Waals surface area contributed by atoms with Crippen molar-refractivity contribution in [3.8, 4) is 0 Å². The Morgan fingerprint density at radius 3 is 3.00 bits per heavy atom. The molecular weight excluding hydrogens is 296 g/mol. The first-order valence-electron chi connectivity index (χ1n) is 7.03. The van der Waals surface area contributed by atoms with E-state index in [2.05, 4.69) is 15.4 Å². The van der Waals surface area contributed by atoms with Crippen molar-refractivity contribution >= 4 is 22.4 Å². The third kappa shape index (κ3) is 2.38.